The molecule has 1 aromatic heterocycles. The van der Waals surface area contributed by atoms with Gasteiger partial charge in [-0.2, -0.15) is 10.1 Å². The summed E-state index contributed by atoms with van der Waals surface area (Å²) < 4.78 is 15.2. The number of hydrogen-bond acceptors (Lipinski definition) is 4. The van der Waals surface area contributed by atoms with Crippen molar-refractivity contribution in [2.75, 3.05) is 5.01 Å². The molecule has 1 heterocycles. The molecule has 1 amide bonds. The second-order valence-corrected chi connectivity index (χ2v) is 8.74. The summed E-state index contributed by atoms with van der Waals surface area (Å²) in [4.78, 5) is 17.5. The molecule has 0 aliphatic carbocycles. The summed E-state index contributed by atoms with van der Waals surface area (Å²) in [6.07, 6.45) is 4.58. The van der Waals surface area contributed by atoms with Gasteiger partial charge in [0.25, 0.3) is 5.91 Å². The predicted octanol–water partition coefficient (Wildman–Crippen LogP) is 6.93. The van der Waals surface area contributed by atoms with Crippen molar-refractivity contribution in [3.05, 3.63) is 99.2 Å². The van der Waals surface area contributed by atoms with Crippen LogP contribution in [0.4, 0.5) is 9.52 Å². The lowest BCUT2D eigenvalue weighted by Crippen LogP contribution is -2.23. The lowest BCUT2D eigenvalue weighted by Gasteiger charge is -2.11. The first-order valence-electron chi connectivity index (χ1n) is 9.12. The van der Waals surface area contributed by atoms with Gasteiger partial charge in [-0.05, 0) is 53.6 Å². The fourth-order valence-corrected chi connectivity index (χ4v) is 4.11. The zero-order chi connectivity index (χ0) is 21.8. The highest BCUT2D eigenvalue weighted by molar-refractivity contribution is 9.10. The smallest absolute Gasteiger partial charge is 0.267 e. The maximum Gasteiger partial charge on any atom is 0.273 e. The fraction of sp³-hybridized carbons (Fsp3) is 0. The molecule has 4 nitrogen and oxygen atoms in total. The number of halogens is 3. The van der Waals surface area contributed by atoms with E-state index < -0.39 is 5.91 Å². The average Bonchev–Trinajstić information content (AvgIpc) is 3.17. The van der Waals surface area contributed by atoms with Crippen molar-refractivity contribution in [3.8, 4) is 0 Å². The van der Waals surface area contributed by atoms with Crippen molar-refractivity contribution < 1.29 is 9.18 Å². The third-order valence-electron chi connectivity index (χ3n) is 4.23. The molecule has 0 spiro atoms. The number of hydrogen-bond donors (Lipinski definition) is 0. The first-order chi connectivity index (χ1) is 15.0. The van der Waals surface area contributed by atoms with Gasteiger partial charge < -0.3 is 0 Å². The van der Waals surface area contributed by atoms with Crippen molar-refractivity contribution in [1.29, 1.82) is 0 Å². The summed E-state index contributed by atoms with van der Waals surface area (Å²) in [6.45, 7) is 0. The molecule has 3 aromatic carbocycles. The van der Waals surface area contributed by atoms with Crippen LogP contribution >= 0.6 is 38.9 Å². The molecule has 8 heteroatoms. The largest absolute Gasteiger partial charge is 0.273 e. The van der Waals surface area contributed by atoms with Crippen LogP contribution < -0.4 is 5.01 Å². The number of fused-ring (bicyclic) bond motifs is 1. The van der Waals surface area contributed by atoms with Gasteiger partial charge in [-0.1, -0.05) is 69.2 Å². The van der Waals surface area contributed by atoms with Crippen LogP contribution in [0.1, 0.15) is 11.1 Å². The number of anilines is 1. The van der Waals surface area contributed by atoms with E-state index in [1.54, 1.807) is 24.4 Å². The van der Waals surface area contributed by atoms with Gasteiger partial charge in [0, 0.05) is 15.6 Å². The zero-order valence-corrected chi connectivity index (χ0v) is 19.0. The average molecular weight is 515 g/mol. The predicted molar refractivity (Wildman–Crippen MR) is 129 cm³/mol. The molecule has 31 heavy (non-hydrogen) atoms. The van der Waals surface area contributed by atoms with Gasteiger partial charge in [0.05, 0.1) is 16.4 Å². The molecule has 0 fully saturated rings. The highest BCUT2D eigenvalue weighted by Crippen LogP contribution is 2.30. The van der Waals surface area contributed by atoms with Gasteiger partial charge >= 0.3 is 0 Å². The van der Waals surface area contributed by atoms with Crippen LogP contribution in [0.5, 0.6) is 0 Å². The first-order valence-corrected chi connectivity index (χ1v) is 11.1. The molecular weight excluding hydrogens is 501 g/mol. The SMILES string of the molecule is O=C(/C=C/c1ccccc1Cl)N(/N=C/c1ccc(Br)cc1)c1nc2ccc(F)cc2s1. The van der Waals surface area contributed by atoms with Crippen LogP contribution in [0.25, 0.3) is 16.3 Å². The fourth-order valence-electron chi connectivity index (χ4n) is 2.69. The van der Waals surface area contributed by atoms with E-state index in [4.69, 9.17) is 11.6 Å². The van der Waals surface area contributed by atoms with E-state index in [9.17, 15) is 9.18 Å². The van der Waals surface area contributed by atoms with Gasteiger partial charge in [-0.15, -0.1) is 0 Å². The Kier molecular flexibility index (Phi) is 6.56. The monoisotopic (exact) mass is 513 g/mol. The van der Waals surface area contributed by atoms with Crippen molar-refractivity contribution in [2.45, 2.75) is 0 Å². The molecule has 0 radical (unpaired) electrons. The standard InChI is InChI=1S/C23H14BrClFN3OS/c24-17-8-5-15(6-9-17)14-27-29(22(30)12-7-16-3-1-2-4-19(16)25)23-28-20-11-10-18(26)13-21(20)31-23/h1-14H/b12-7+,27-14+. The number of thiazole rings is 1. The van der Waals surface area contributed by atoms with Crippen LogP contribution in [0, 0.1) is 5.82 Å². The molecule has 4 rings (SSSR count). The Labute approximate surface area is 195 Å². The van der Waals surface area contributed by atoms with Gasteiger partial charge in [-0.25, -0.2) is 9.37 Å². The van der Waals surface area contributed by atoms with Crippen molar-refractivity contribution in [1.82, 2.24) is 4.98 Å². The van der Waals surface area contributed by atoms with Crippen LogP contribution in [-0.2, 0) is 4.79 Å². The van der Waals surface area contributed by atoms with Crippen LogP contribution in [0.3, 0.4) is 0 Å². The van der Waals surface area contributed by atoms with Crippen molar-refractivity contribution >= 4 is 72.4 Å². The molecule has 154 valence electrons. The second-order valence-electron chi connectivity index (χ2n) is 6.41. The van der Waals surface area contributed by atoms with Crippen LogP contribution in [0.2, 0.25) is 5.02 Å². The van der Waals surface area contributed by atoms with E-state index in [0.29, 0.717) is 25.9 Å². The van der Waals surface area contributed by atoms with Gasteiger partial charge in [0.2, 0.25) is 5.13 Å². The maximum absolute atomic E-state index is 13.6. The summed E-state index contributed by atoms with van der Waals surface area (Å²) in [5.41, 5.74) is 2.11. The molecular formula is C23H14BrClFN3OS. The number of benzene rings is 3. The highest BCUT2D eigenvalue weighted by Gasteiger charge is 2.17. The van der Waals surface area contributed by atoms with E-state index in [-0.39, 0.29) is 5.82 Å². The van der Waals surface area contributed by atoms with Gasteiger partial charge in [0.1, 0.15) is 5.82 Å². The molecule has 0 atom stereocenters. The minimum absolute atomic E-state index is 0.336. The Morgan fingerprint density at radius 2 is 1.90 bits per heavy atom. The zero-order valence-electron chi connectivity index (χ0n) is 15.9. The normalized spacial score (nSPS) is 11.6. The maximum atomic E-state index is 13.6. The number of amides is 1. The molecule has 0 aliphatic rings. The van der Waals surface area contributed by atoms with Crippen LogP contribution in [0.15, 0.2) is 82.4 Å². The third kappa shape index (κ3) is 5.25. The third-order valence-corrected chi connectivity index (χ3v) is 6.10. The van der Waals surface area contributed by atoms with E-state index in [1.165, 1.54) is 34.6 Å². The van der Waals surface area contributed by atoms with Crippen molar-refractivity contribution in [2.24, 2.45) is 5.10 Å². The Bertz CT molecular complexity index is 1300. The van der Waals surface area contributed by atoms with Crippen molar-refractivity contribution in [3.63, 3.8) is 0 Å². The Morgan fingerprint density at radius 1 is 1.13 bits per heavy atom. The number of aromatic nitrogens is 1. The molecule has 0 bridgehead atoms. The summed E-state index contributed by atoms with van der Waals surface area (Å²) in [5, 5.41) is 6.42. The Morgan fingerprint density at radius 3 is 2.68 bits per heavy atom. The second kappa shape index (κ2) is 9.51. The molecule has 0 saturated carbocycles. The topological polar surface area (TPSA) is 45.6 Å². The molecule has 0 unspecified atom stereocenters. The summed E-state index contributed by atoms with van der Waals surface area (Å²) in [6, 6.07) is 19.0. The first kappa shape index (κ1) is 21.4. The highest BCUT2D eigenvalue weighted by atomic mass is 79.9. The molecule has 0 N–H and O–H groups in total. The van der Waals surface area contributed by atoms with E-state index in [2.05, 4.69) is 26.0 Å². The number of carbonyl (C=O) groups excluding carboxylic acids is 1. The minimum atomic E-state index is -0.409. The minimum Gasteiger partial charge on any atom is -0.267 e. The van der Waals surface area contributed by atoms with Gasteiger partial charge in [0.15, 0.2) is 0 Å². The Balaban J connectivity index is 1.69. The lowest BCUT2D eigenvalue weighted by atomic mass is 10.2. The van der Waals surface area contributed by atoms with E-state index in [1.807, 2.05) is 42.5 Å². The number of hydrazone groups is 1. The summed E-state index contributed by atoms with van der Waals surface area (Å²) in [7, 11) is 0. The van der Waals surface area contributed by atoms with E-state index in [0.717, 1.165) is 10.0 Å². The van der Waals surface area contributed by atoms with E-state index >= 15 is 0 Å². The number of carbonyl (C=O) groups is 1. The molecule has 0 saturated heterocycles. The summed E-state index contributed by atoms with van der Waals surface area (Å²) in [5.74, 6) is -0.773. The molecule has 4 aromatic rings. The summed E-state index contributed by atoms with van der Waals surface area (Å²) >= 11 is 10.7. The Hall–Kier alpha value is -2.87. The van der Waals surface area contributed by atoms with Gasteiger partial charge in [-0.3, -0.25) is 4.79 Å². The molecule has 0 aliphatic heterocycles. The number of rotatable bonds is 5. The quantitative estimate of drug-likeness (QED) is 0.165. The number of nitrogens with zero attached hydrogens (tertiary/aromatic N) is 3. The van der Waals surface area contributed by atoms with Crippen LogP contribution in [-0.4, -0.2) is 17.1 Å². The lowest BCUT2D eigenvalue weighted by molar-refractivity contribution is -0.114.